The number of nitrogens with two attached hydrogens (primary N) is 1. The van der Waals surface area contributed by atoms with E-state index in [4.69, 9.17) is 10.8 Å². The Morgan fingerprint density at radius 2 is 2.21 bits per heavy atom. The number of rotatable bonds is 3. The van der Waals surface area contributed by atoms with E-state index in [-0.39, 0.29) is 5.92 Å². The molecular formula is C10H14N2O2. The lowest BCUT2D eigenvalue weighted by Crippen LogP contribution is -2.17. The maximum absolute atomic E-state index is 10.8. The van der Waals surface area contributed by atoms with Crippen LogP contribution in [0, 0.1) is 5.92 Å². The summed E-state index contributed by atoms with van der Waals surface area (Å²) in [6.45, 7) is 3.51. The smallest absolute Gasteiger partial charge is 0.306 e. The van der Waals surface area contributed by atoms with E-state index in [2.05, 4.69) is 4.98 Å². The normalized spacial score (nSPS) is 14.7. The highest BCUT2D eigenvalue weighted by Crippen LogP contribution is 2.27. The molecule has 0 aliphatic rings. The second-order valence-electron chi connectivity index (χ2n) is 3.42. The van der Waals surface area contributed by atoms with Crippen LogP contribution in [-0.2, 0) is 4.79 Å². The lowest BCUT2D eigenvalue weighted by molar-refractivity contribution is -0.141. The van der Waals surface area contributed by atoms with Crippen LogP contribution < -0.4 is 5.73 Å². The zero-order valence-corrected chi connectivity index (χ0v) is 8.27. The minimum absolute atomic E-state index is 0.124. The first-order valence-electron chi connectivity index (χ1n) is 4.46. The third-order valence-electron chi connectivity index (χ3n) is 2.52. The predicted molar refractivity (Wildman–Crippen MR) is 53.9 cm³/mol. The molecule has 0 spiro atoms. The largest absolute Gasteiger partial charge is 0.481 e. The Morgan fingerprint density at radius 3 is 2.71 bits per heavy atom. The highest BCUT2D eigenvalue weighted by molar-refractivity contribution is 5.71. The van der Waals surface area contributed by atoms with Gasteiger partial charge in [-0.3, -0.25) is 9.78 Å². The first kappa shape index (κ1) is 10.5. The third kappa shape index (κ3) is 2.02. The first-order chi connectivity index (χ1) is 6.54. The van der Waals surface area contributed by atoms with Crippen LogP contribution in [0.15, 0.2) is 18.5 Å². The van der Waals surface area contributed by atoms with Gasteiger partial charge in [0.15, 0.2) is 0 Å². The molecule has 1 aromatic rings. The van der Waals surface area contributed by atoms with Crippen LogP contribution >= 0.6 is 0 Å². The van der Waals surface area contributed by atoms with Crippen LogP contribution in [0.5, 0.6) is 0 Å². The summed E-state index contributed by atoms with van der Waals surface area (Å²) in [5.41, 5.74) is 7.12. The molecule has 76 valence electrons. The van der Waals surface area contributed by atoms with Crippen LogP contribution in [0.2, 0.25) is 0 Å². The molecule has 1 rings (SSSR count). The van der Waals surface area contributed by atoms with Crippen LogP contribution in [-0.4, -0.2) is 16.1 Å². The average Bonchev–Trinajstić information content (AvgIpc) is 2.16. The molecule has 2 unspecified atom stereocenters. The van der Waals surface area contributed by atoms with Gasteiger partial charge in [0.1, 0.15) is 0 Å². The highest BCUT2D eigenvalue weighted by atomic mass is 16.4. The lowest BCUT2D eigenvalue weighted by Gasteiger charge is -2.17. The average molecular weight is 194 g/mol. The predicted octanol–water partition coefficient (Wildman–Crippen LogP) is 1.49. The van der Waals surface area contributed by atoms with Gasteiger partial charge in [-0.25, -0.2) is 0 Å². The molecule has 2 atom stereocenters. The molecular weight excluding hydrogens is 180 g/mol. The van der Waals surface area contributed by atoms with Gasteiger partial charge in [-0.15, -0.1) is 0 Å². The minimum atomic E-state index is -0.819. The summed E-state index contributed by atoms with van der Waals surface area (Å²) in [4.78, 5) is 14.7. The van der Waals surface area contributed by atoms with Crippen LogP contribution in [0.4, 0.5) is 5.69 Å². The summed E-state index contributed by atoms with van der Waals surface area (Å²) in [5.74, 6) is -1.40. The number of nitrogens with zero attached hydrogens (tertiary/aromatic N) is 1. The fourth-order valence-corrected chi connectivity index (χ4v) is 1.28. The van der Waals surface area contributed by atoms with E-state index in [1.807, 2.05) is 6.92 Å². The van der Waals surface area contributed by atoms with Crippen molar-refractivity contribution in [1.29, 1.82) is 0 Å². The van der Waals surface area contributed by atoms with Crippen LogP contribution in [0.3, 0.4) is 0 Å². The molecule has 1 heterocycles. The van der Waals surface area contributed by atoms with Crippen molar-refractivity contribution in [3.8, 4) is 0 Å². The summed E-state index contributed by atoms with van der Waals surface area (Å²) in [6, 6.07) is 1.68. The summed E-state index contributed by atoms with van der Waals surface area (Å²) in [6.07, 6.45) is 3.22. The van der Waals surface area contributed by atoms with Gasteiger partial charge >= 0.3 is 5.97 Å². The van der Waals surface area contributed by atoms with Gasteiger partial charge in [0.2, 0.25) is 0 Å². The van der Waals surface area contributed by atoms with Crippen molar-refractivity contribution in [3.05, 3.63) is 24.0 Å². The molecule has 0 fully saturated rings. The van der Waals surface area contributed by atoms with Crippen molar-refractivity contribution < 1.29 is 9.90 Å². The van der Waals surface area contributed by atoms with Crippen molar-refractivity contribution in [1.82, 2.24) is 4.98 Å². The number of anilines is 1. The van der Waals surface area contributed by atoms with Gasteiger partial charge in [-0.1, -0.05) is 13.8 Å². The molecule has 0 amide bonds. The number of carboxylic acid groups (broad SMARTS) is 1. The number of carbonyl (C=O) groups is 1. The SMILES string of the molecule is CC(C(=O)O)C(C)c1cnccc1N. The van der Waals surface area contributed by atoms with Gasteiger partial charge in [0.25, 0.3) is 0 Å². The maximum Gasteiger partial charge on any atom is 0.306 e. The van der Waals surface area contributed by atoms with Crippen molar-refractivity contribution in [2.75, 3.05) is 5.73 Å². The molecule has 0 aromatic carbocycles. The second kappa shape index (κ2) is 4.09. The fraction of sp³-hybridized carbons (Fsp3) is 0.400. The fourth-order valence-electron chi connectivity index (χ4n) is 1.28. The Balaban J connectivity index is 2.94. The standard InChI is InChI=1S/C10H14N2O2/c1-6(7(2)10(13)14)8-5-12-4-3-9(8)11/h3-7H,1-2H3,(H2,11,12)(H,13,14). The van der Waals surface area contributed by atoms with Crippen molar-refractivity contribution >= 4 is 11.7 Å². The zero-order chi connectivity index (χ0) is 10.7. The summed E-state index contributed by atoms with van der Waals surface area (Å²) in [7, 11) is 0. The Morgan fingerprint density at radius 1 is 1.57 bits per heavy atom. The van der Waals surface area contributed by atoms with E-state index in [0.717, 1.165) is 5.56 Å². The van der Waals surface area contributed by atoms with Gasteiger partial charge in [-0.05, 0) is 17.5 Å². The molecule has 0 saturated carbocycles. The first-order valence-corrected chi connectivity index (χ1v) is 4.46. The van der Waals surface area contributed by atoms with E-state index in [1.165, 1.54) is 0 Å². The Labute approximate surface area is 82.8 Å². The number of hydrogen-bond donors (Lipinski definition) is 2. The number of aromatic nitrogens is 1. The van der Waals surface area contributed by atoms with E-state index in [9.17, 15) is 4.79 Å². The number of carboxylic acids is 1. The van der Waals surface area contributed by atoms with Crippen molar-refractivity contribution in [2.24, 2.45) is 5.92 Å². The third-order valence-corrected chi connectivity index (χ3v) is 2.52. The molecule has 14 heavy (non-hydrogen) atoms. The Hall–Kier alpha value is -1.58. The maximum atomic E-state index is 10.8. The lowest BCUT2D eigenvalue weighted by atomic mass is 9.89. The molecule has 1 aromatic heterocycles. The molecule has 0 radical (unpaired) electrons. The topological polar surface area (TPSA) is 76.2 Å². The molecule has 4 nitrogen and oxygen atoms in total. The van der Waals surface area contributed by atoms with E-state index < -0.39 is 11.9 Å². The zero-order valence-electron chi connectivity index (χ0n) is 8.27. The van der Waals surface area contributed by atoms with Crippen molar-refractivity contribution in [2.45, 2.75) is 19.8 Å². The molecule has 3 N–H and O–H groups in total. The quantitative estimate of drug-likeness (QED) is 0.764. The highest BCUT2D eigenvalue weighted by Gasteiger charge is 2.22. The number of pyridine rings is 1. The van der Waals surface area contributed by atoms with Gasteiger partial charge in [-0.2, -0.15) is 0 Å². The summed E-state index contributed by atoms with van der Waals surface area (Å²) >= 11 is 0. The van der Waals surface area contributed by atoms with Crippen molar-refractivity contribution in [3.63, 3.8) is 0 Å². The van der Waals surface area contributed by atoms with E-state index in [0.29, 0.717) is 5.69 Å². The second-order valence-corrected chi connectivity index (χ2v) is 3.42. The minimum Gasteiger partial charge on any atom is -0.481 e. The number of aliphatic carboxylic acids is 1. The summed E-state index contributed by atoms with van der Waals surface area (Å²) < 4.78 is 0. The van der Waals surface area contributed by atoms with E-state index >= 15 is 0 Å². The molecule has 0 aliphatic carbocycles. The summed E-state index contributed by atoms with van der Waals surface area (Å²) in [5, 5.41) is 8.84. The van der Waals surface area contributed by atoms with Gasteiger partial charge in [0, 0.05) is 18.1 Å². The molecule has 4 heteroatoms. The monoisotopic (exact) mass is 194 g/mol. The van der Waals surface area contributed by atoms with Crippen LogP contribution in [0.25, 0.3) is 0 Å². The Kier molecular flexibility index (Phi) is 3.06. The van der Waals surface area contributed by atoms with Crippen LogP contribution in [0.1, 0.15) is 25.3 Å². The van der Waals surface area contributed by atoms with Gasteiger partial charge in [0.05, 0.1) is 5.92 Å². The number of nitrogen functional groups attached to an aromatic ring is 1. The molecule has 0 aliphatic heterocycles. The molecule has 0 saturated heterocycles. The Bertz CT molecular complexity index is 339. The molecule has 0 bridgehead atoms. The number of hydrogen-bond acceptors (Lipinski definition) is 3. The van der Waals surface area contributed by atoms with E-state index in [1.54, 1.807) is 25.4 Å². The van der Waals surface area contributed by atoms with Gasteiger partial charge < -0.3 is 10.8 Å².